The van der Waals surface area contributed by atoms with Gasteiger partial charge < -0.3 is 20.5 Å². The lowest BCUT2D eigenvalue weighted by atomic mass is 9.76. The molecule has 0 aromatic heterocycles. The molecule has 144 valence electrons. The number of likely N-dealkylation sites (tertiary alicyclic amines) is 1. The van der Waals surface area contributed by atoms with Gasteiger partial charge in [-0.05, 0) is 25.1 Å². The van der Waals surface area contributed by atoms with Crippen molar-refractivity contribution in [2.75, 3.05) is 25.6 Å². The number of nitrogens with one attached hydrogen (secondary N) is 1. The molecule has 4 rings (SSSR count). The summed E-state index contributed by atoms with van der Waals surface area (Å²) >= 11 is 0. The fourth-order valence-electron chi connectivity index (χ4n) is 4.76. The summed E-state index contributed by atoms with van der Waals surface area (Å²) in [6.07, 6.45) is -0.943. The smallest absolute Gasteiger partial charge is 0.291 e. The van der Waals surface area contributed by atoms with E-state index in [9.17, 15) is 23.9 Å². The minimum Gasteiger partial charge on any atom is -0.387 e. The number of nitrogens with two attached hydrogens (primary N) is 1. The summed E-state index contributed by atoms with van der Waals surface area (Å²) in [7, 11) is 1.46. The number of ether oxygens (including phenoxy) is 1. The van der Waals surface area contributed by atoms with Crippen LogP contribution in [0.4, 0.5) is 10.1 Å². The van der Waals surface area contributed by atoms with Crippen LogP contribution >= 0.6 is 0 Å². The zero-order chi connectivity index (χ0) is 19.5. The maximum absolute atomic E-state index is 14.0. The number of amides is 3. The molecule has 1 spiro atoms. The molecule has 8 nitrogen and oxygen atoms in total. The molecule has 0 unspecified atom stereocenters. The third-order valence-electron chi connectivity index (χ3n) is 5.93. The molecule has 1 aromatic carbocycles. The maximum Gasteiger partial charge on any atom is 0.291 e. The molecule has 1 aromatic rings. The van der Waals surface area contributed by atoms with Gasteiger partial charge in [0.25, 0.3) is 5.91 Å². The van der Waals surface area contributed by atoms with E-state index in [1.54, 1.807) is 5.32 Å². The highest BCUT2D eigenvalue weighted by Crippen LogP contribution is 2.49. The number of aliphatic hydroxyl groups excluding tert-OH is 1. The first-order valence-corrected chi connectivity index (χ1v) is 8.82. The van der Waals surface area contributed by atoms with E-state index in [0.717, 1.165) is 4.90 Å². The Morgan fingerprint density at radius 2 is 2.11 bits per heavy atom. The van der Waals surface area contributed by atoms with Crippen LogP contribution in [-0.2, 0) is 24.7 Å². The van der Waals surface area contributed by atoms with Crippen LogP contribution in [0.25, 0.3) is 0 Å². The number of benzene rings is 1. The molecule has 3 aliphatic heterocycles. The lowest BCUT2D eigenvalue weighted by Gasteiger charge is -2.26. The van der Waals surface area contributed by atoms with Gasteiger partial charge in [0.2, 0.25) is 17.4 Å². The number of hydrogen-bond acceptors (Lipinski definition) is 5. The van der Waals surface area contributed by atoms with Gasteiger partial charge >= 0.3 is 0 Å². The number of nitrogens with zero attached hydrogens (tertiary/aromatic N) is 1. The number of hydrogen-bond donors (Lipinski definition) is 3. The summed E-state index contributed by atoms with van der Waals surface area (Å²) in [5, 5.41) is 14.5. The van der Waals surface area contributed by atoms with Crippen LogP contribution in [0.15, 0.2) is 18.2 Å². The van der Waals surface area contributed by atoms with Crippen LogP contribution in [0.2, 0.25) is 0 Å². The van der Waals surface area contributed by atoms with Crippen LogP contribution < -0.4 is 10.6 Å². The largest absolute Gasteiger partial charge is 0.387 e. The van der Waals surface area contributed by atoms with Crippen molar-refractivity contribution in [3.05, 3.63) is 29.6 Å². The van der Waals surface area contributed by atoms with Crippen LogP contribution in [0, 0.1) is 17.7 Å². The topological polar surface area (TPSA) is 113 Å². The third-order valence-corrected chi connectivity index (χ3v) is 5.93. The highest BCUT2D eigenvalue weighted by molar-refractivity contribution is 6.13. The normalized spacial score (nSPS) is 32.8. The molecule has 3 heterocycles. The van der Waals surface area contributed by atoms with E-state index in [0.29, 0.717) is 11.3 Å². The number of aliphatic hydroxyl groups is 1. The number of carbonyl (C=O) groups excluding carboxylic acids is 3. The predicted molar refractivity (Wildman–Crippen MR) is 89.7 cm³/mol. The van der Waals surface area contributed by atoms with E-state index in [2.05, 4.69) is 5.32 Å². The van der Waals surface area contributed by atoms with Gasteiger partial charge in [-0.25, -0.2) is 4.39 Å². The minimum atomic E-state index is -1.47. The van der Waals surface area contributed by atoms with Crippen molar-refractivity contribution in [3.8, 4) is 0 Å². The minimum absolute atomic E-state index is 0.0708. The highest BCUT2D eigenvalue weighted by atomic mass is 19.1. The third kappa shape index (κ3) is 2.28. The monoisotopic (exact) mass is 378 g/mol. The summed E-state index contributed by atoms with van der Waals surface area (Å²) in [6, 6.07) is 3.20. The fraction of sp³-hybridized carbons (Fsp3) is 0.500. The van der Waals surface area contributed by atoms with Crippen LogP contribution in [0.1, 0.15) is 12.5 Å². The zero-order valence-electron chi connectivity index (χ0n) is 14.9. The van der Waals surface area contributed by atoms with E-state index < -0.39 is 53.1 Å². The second-order valence-corrected chi connectivity index (χ2v) is 7.32. The summed E-state index contributed by atoms with van der Waals surface area (Å²) in [6.45, 7) is 1.76. The van der Waals surface area contributed by atoms with Gasteiger partial charge in [-0.15, -0.1) is 0 Å². The van der Waals surface area contributed by atoms with Crippen LogP contribution in [0.5, 0.6) is 0 Å². The molecule has 27 heavy (non-hydrogen) atoms. The Morgan fingerprint density at radius 3 is 2.78 bits per heavy atom. The molecular weight excluding hydrogens is 357 g/mol. The molecule has 0 aliphatic carbocycles. The Morgan fingerprint density at radius 1 is 1.37 bits per heavy atom. The van der Waals surface area contributed by atoms with Crippen molar-refractivity contribution in [2.45, 2.75) is 24.6 Å². The number of methoxy groups -OCH3 is 1. The lowest BCUT2D eigenvalue weighted by Crippen LogP contribution is -3.00. The molecule has 5 atom stereocenters. The molecule has 9 heteroatoms. The first kappa shape index (κ1) is 18.0. The van der Waals surface area contributed by atoms with Gasteiger partial charge in [-0.3, -0.25) is 19.3 Å². The van der Waals surface area contributed by atoms with Crippen molar-refractivity contribution < 1.29 is 33.9 Å². The van der Waals surface area contributed by atoms with Gasteiger partial charge in [0.15, 0.2) is 0 Å². The van der Waals surface area contributed by atoms with Gasteiger partial charge in [-0.1, -0.05) is 0 Å². The summed E-state index contributed by atoms with van der Waals surface area (Å²) in [5.74, 6) is -3.81. The Kier molecular flexibility index (Phi) is 4.06. The van der Waals surface area contributed by atoms with Crippen LogP contribution in [-0.4, -0.2) is 60.1 Å². The molecule has 0 saturated carbocycles. The van der Waals surface area contributed by atoms with Crippen molar-refractivity contribution in [3.63, 3.8) is 0 Å². The van der Waals surface area contributed by atoms with Crippen LogP contribution in [0.3, 0.4) is 0 Å². The standard InChI is InChI=1S/C18H20FN3O5/c1-8(23)14-12-13(16(25)22(15(12)24)5-6-27-2)18(21-14)10-7-9(19)3-4-11(10)20-17(18)26/h3-4,7-8,12-14,21,23H,5-6H2,1-2H3,(H,20,26)/p+1/t8-,12+,13+,14+,18+/m1/s1. The van der Waals surface area contributed by atoms with Gasteiger partial charge in [0.05, 0.1) is 18.8 Å². The number of fused-ring (bicyclic) bond motifs is 4. The Balaban J connectivity index is 1.86. The predicted octanol–water partition coefficient (Wildman–Crippen LogP) is -1.45. The fourth-order valence-corrected chi connectivity index (χ4v) is 4.76. The van der Waals surface area contributed by atoms with E-state index in [4.69, 9.17) is 4.74 Å². The Bertz CT molecular complexity index is 844. The highest BCUT2D eigenvalue weighted by Gasteiger charge is 2.74. The lowest BCUT2D eigenvalue weighted by molar-refractivity contribution is -0.738. The number of halogens is 1. The second kappa shape index (κ2) is 6.08. The van der Waals surface area contributed by atoms with Gasteiger partial charge in [0, 0.05) is 12.7 Å². The quantitative estimate of drug-likeness (QED) is 0.555. The molecular formula is C18H21FN3O5+. The number of imide groups is 1. The number of quaternary nitrogens is 1. The first-order chi connectivity index (χ1) is 12.8. The first-order valence-electron chi connectivity index (χ1n) is 8.82. The number of rotatable bonds is 4. The molecule has 2 saturated heterocycles. The number of carbonyl (C=O) groups is 3. The number of anilines is 1. The average molecular weight is 378 g/mol. The molecule has 3 amide bonds. The van der Waals surface area contributed by atoms with Gasteiger partial charge in [-0.2, -0.15) is 0 Å². The molecule has 2 fully saturated rings. The molecule has 0 radical (unpaired) electrons. The SMILES string of the molecule is COCCN1C(=O)[C@@H]2[C@H]([C@@H](C)O)[NH2+][C@]3(C(=O)Nc4ccc(F)cc43)[C@@H]2C1=O. The van der Waals surface area contributed by atoms with E-state index in [-0.39, 0.29) is 13.2 Å². The zero-order valence-corrected chi connectivity index (χ0v) is 14.9. The molecule has 4 N–H and O–H groups in total. The van der Waals surface area contributed by atoms with Crippen molar-refractivity contribution >= 4 is 23.4 Å². The summed E-state index contributed by atoms with van der Waals surface area (Å²) in [5.41, 5.74) is -0.725. The Hall–Kier alpha value is -2.36. The molecule has 3 aliphatic rings. The summed E-state index contributed by atoms with van der Waals surface area (Å²) < 4.78 is 18.9. The van der Waals surface area contributed by atoms with Crippen molar-refractivity contribution in [1.29, 1.82) is 0 Å². The Labute approximate surface area is 154 Å². The van der Waals surface area contributed by atoms with Crippen molar-refractivity contribution in [2.24, 2.45) is 11.8 Å². The molecule has 0 bridgehead atoms. The van der Waals surface area contributed by atoms with E-state index in [1.165, 1.54) is 32.2 Å². The second-order valence-electron chi connectivity index (χ2n) is 7.32. The van der Waals surface area contributed by atoms with Gasteiger partial charge in [0.1, 0.15) is 29.8 Å². The maximum atomic E-state index is 14.0. The average Bonchev–Trinajstić information content (AvgIpc) is 3.20. The van der Waals surface area contributed by atoms with E-state index >= 15 is 0 Å². The van der Waals surface area contributed by atoms with Crippen molar-refractivity contribution in [1.82, 2.24) is 4.90 Å². The van der Waals surface area contributed by atoms with E-state index in [1.807, 2.05) is 0 Å². The summed E-state index contributed by atoms with van der Waals surface area (Å²) in [4.78, 5) is 40.2.